The Labute approximate surface area is 123 Å². The van der Waals surface area contributed by atoms with Crippen LogP contribution in [-0.2, 0) is 4.12 Å². The summed E-state index contributed by atoms with van der Waals surface area (Å²) in [5.41, 5.74) is 0. The fourth-order valence-corrected chi connectivity index (χ4v) is 4.99. The van der Waals surface area contributed by atoms with Crippen LogP contribution in [0.2, 0.25) is 6.04 Å². The fourth-order valence-electron chi connectivity index (χ4n) is 2.11. The van der Waals surface area contributed by atoms with Crippen LogP contribution in [0.5, 0.6) is 0 Å². The maximum absolute atomic E-state index is 9.40. The zero-order valence-corrected chi connectivity index (χ0v) is 14.4. The molecule has 0 aliphatic carbocycles. The zero-order valence-electron chi connectivity index (χ0n) is 12.4. The Morgan fingerprint density at radius 2 is 1.05 bits per heavy atom. The molecular formula is C12H30O6Si2. The summed E-state index contributed by atoms with van der Waals surface area (Å²) in [4.78, 5) is 44.8. The molecular weight excluding hydrogens is 296 g/mol. The van der Waals surface area contributed by atoms with Crippen LogP contribution in [0.3, 0.4) is 0 Å². The molecule has 0 amide bonds. The number of hydrogen-bond donors (Lipinski definition) is 5. The van der Waals surface area contributed by atoms with Crippen LogP contribution in [0.15, 0.2) is 0 Å². The maximum atomic E-state index is 9.40. The number of unbranched alkanes of at least 4 members (excludes halogenated alkanes) is 9. The Bertz CT molecular complexity index is 232. The summed E-state index contributed by atoms with van der Waals surface area (Å²) < 4.78 is 4.16. The molecule has 0 aromatic rings. The molecule has 0 radical (unpaired) electrons. The van der Waals surface area contributed by atoms with Crippen molar-refractivity contribution in [3.8, 4) is 0 Å². The Balaban J connectivity index is 3.39. The summed E-state index contributed by atoms with van der Waals surface area (Å²) in [6.45, 7) is 2.20. The molecule has 0 atom stereocenters. The van der Waals surface area contributed by atoms with Crippen LogP contribution < -0.4 is 0 Å². The molecule has 0 saturated carbocycles. The SMILES string of the molecule is CCCCCCCCCCCC[Si](O)(O)O[Si](O)(O)O. The van der Waals surface area contributed by atoms with Gasteiger partial charge in [0, 0.05) is 6.04 Å². The maximum Gasteiger partial charge on any atom is 0.663 e. The monoisotopic (exact) mass is 326 g/mol. The summed E-state index contributed by atoms with van der Waals surface area (Å²) in [7, 11) is -8.95. The van der Waals surface area contributed by atoms with E-state index in [2.05, 4.69) is 11.0 Å². The topological polar surface area (TPSA) is 110 Å². The van der Waals surface area contributed by atoms with Crippen molar-refractivity contribution in [3.05, 3.63) is 0 Å². The lowest BCUT2D eigenvalue weighted by Crippen LogP contribution is -2.53. The van der Waals surface area contributed by atoms with Gasteiger partial charge in [-0.15, -0.1) is 0 Å². The molecule has 20 heavy (non-hydrogen) atoms. The van der Waals surface area contributed by atoms with Crippen LogP contribution in [0, 0.1) is 0 Å². The van der Waals surface area contributed by atoms with Gasteiger partial charge in [-0.2, -0.15) is 0 Å². The predicted octanol–water partition coefficient (Wildman–Crippen LogP) is 1.26. The van der Waals surface area contributed by atoms with Gasteiger partial charge in [-0.3, -0.25) is 0 Å². The molecule has 6 nitrogen and oxygen atoms in total. The molecule has 0 fully saturated rings. The van der Waals surface area contributed by atoms with Gasteiger partial charge in [0.05, 0.1) is 0 Å². The van der Waals surface area contributed by atoms with E-state index in [4.69, 9.17) is 14.4 Å². The number of hydrogen-bond acceptors (Lipinski definition) is 6. The summed E-state index contributed by atoms with van der Waals surface area (Å²) in [6, 6.07) is -0.0140. The molecule has 0 aromatic carbocycles. The van der Waals surface area contributed by atoms with Crippen LogP contribution in [0.25, 0.3) is 0 Å². The Morgan fingerprint density at radius 1 is 0.650 bits per heavy atom. The van der Waals surface area contributed by atoms with Crippen molar-refractivity contribution in [2.24, 2.45) is 0 Å². The van der Waals surface area contributed by atoms with Gasteiger partial charge in [-0.05, 0) is 6.42 Å². The van der Waals surface area contributed by atoms with Crippen molar-refractivity contribution in [1.29, 1.82) is 0 Å². The molecule has 0 aliphatic heterocycles. The lowest BCUT2D eigenvalue weighted by atomic mass is 10.1. The Morgan fingerprint density at radius 3 is 1.45 bits per heavy atom. The zero-order chi connectivity index (χ0) is 15.5. The van der Waals surface area contributed by atoms with Gasteiger partial charge in [-0.1, -0.05) is 64.7 Å². The highest BCUT2D eigenvalue weighted by Crippen LogP contribution is 2.15. The molecule has 122 valence electrons. The van der Waals surface area contributed by atoms with E-state index >= 15 is 0 Å². The van der Waals surface area contributed by atoms with E-state index in [1.54, 1.807) is 0 Å². The van der Waals surface area contributed by atoms with Gasteiger partial charge in [0.15, 0.2) is 0 Å². The fraction of sp³-hybridized carbons (Fsp3) is 1.00. The minimum Gasteiger partial charge on any atom is -0.390 e. The first-order valence-corrected chi connectivity index (χ1v) is 11.3. The highest BCUT2D eigenvalue weighted by molar-refractivity contribution is 6.68. The van der Waals surface area contributed by atoms with Gasteiger partial charge < -0.3 is 28.1 Å². The van der Waals surface area contributed by atoms with Crippen LogP contribution in [0.1, 0.15) is 71.1 Å². The molecule has 0 bridgehead atoms. The lowest BCUT2D eigenvalue weighted by molar-refractivity contribution is 0.0828. The molecule has 0 spiro atoms. The molecule has 0 rings (SSSR count). The predicted molar refractivity (Wildman–Crippen MR) is 80.3 cm³/mol. The first-order valence-electron chi connectivity index (χ1n) is 7.59. The lowest BCUT2D eigenvalue weighted by Gasteiger charge is -2.21. The van der Waals surface area contributed by atoms with Crippen molar-refractivity contribution < 1.29 is 28.1 Å². The summed E-state index contributed by atoms with van der Waals surface area (Å²) in [6.07, 6.45) is 11.2. The van der Waals surface area contributed by atoms with E-state index in [1.807, 2.05) is 0 Å². The van der Waals surface area contributed by atoms with Crippen molar-refractivity contribution >= 4 is 17.9 Å². The van der Waals surface area contributed by atoms with Crippen molar-refractivity contribution in [3.63, 3.8) is 0 Å². The van der Waals surface area contributed by atoms with Gasteiger partial charge in [0.2, 0.25) is 0 Å². The van der Waals surface area contributed by atoms with Crippen LogP contribution in [0.4, 0.5) is 0 Å². The third-order valence-electron chi connectivity index (χ3n) is 3.16. The number of rotatable bonds is 13. The van der Waals surface area contributed by atoms with Crippen LogP contribution in [-0.4, -0.2) is 41.8 Å². The first kappa shape index (κ1) is 20.2. The smallest absolute Gasteiger partial charge is 0.390 e. The van der Waals surface area contributed by atoms with Gasteiger partial charge >= 0.3 is 17.9 Å². The Kier molecular flexibility index (Phi) is 11.0. The third kappa shape index (κ3) is 14.6. The standard InChI is InChI=1S/C12H30O6Si2/c1-2-3-4-5-6-7-8-9-10-11-12-19(13,14)18-20(15,16)17/h13-17H,2-12H2,1H3. The van der Waals surface area contributed by atoms with Crippen LogP contribution >= 0.6 is 0 Å². The minimum atomic E-state index is -4.83. The van der Waals surface area contributed by atoms with E-state index in [-0.39, 0.29) is 6.04 Å². The third-order valence-corrected chi connectivity index (χ3v) is 6.56. The second-order valence-electron chi connectivity index (χ2n) is 5.35. The average Bonchev–Trinajstić information content (AvgIpc) is 2.28. The van der Waals surface area contributed by atoms with Crippen molar-refractivity contribution in [2.45, 2.75) is 77.2 Å². The van der Waals surface area contributed by atoms with Gasteiger partial charge in [0.25, 0.3) is 0 Å². The molecule has 8 heteroatoms. The summed E-state index contributed by atoms with van der Waals surface area (Å²) >= 11 is 0. The quantitative estimate of drug-likeness (QED) is 0.257. The molecule has 0 unspecified atom stereocenters. The van der Waals surface area contributed by atoms with E-state index in [0.29, 0.717) is 6.42 Å². The molecule has 0 heterocycles. The highest BCUT2D eigenvalue weighted by atomic mass is 28.5. The van der Waals surface area contributed by atoms with E-state index < -0.39 is 17.9 Å². The van der Waals surface area contributed by atoms with Crippen molar-refractivity contribution in [2.75, 3.05) is 0 Å². The summed E-state index contributed by atoms with van der Waals surface area (Å²) in [5, 5.41) is 0. The largest absolute Gasteiger partial charge is 0.663 e. The Hall–Kier alpha value is 0.194. The highest BCUT2D eigenvalue weighted by Gasteiger charge is 2.45. The molecule has 0 saturated heterocycles. The molecule has 0 aliphatic rings. The van der Waals surface area contributed by atoms with E-state index in [0.717, 1.165) is 19.3 Å². The molecule has 0 aromatic heterocycles. The first-order chi connectivity index (χ1) is 9.27. The van der Waals surface area contributed by atoms with Gasteiger partial charge in [0.1, 0.15) is 0 Å². The van der Waals surface area contributed by atoms with E-state index in [1.165, 1.54) is 38.5 Å². The normalized spacial score (nSPS) is 12.9. The molecule has 5 N–H and O–H groups in total. The second-order valence-corrected chi connectivity index (χ2v) is 9.30. The van der Waals surface area contributed by atoms with E-state index in [9.17, 15) is 9.59 Å². The minimum absolute atomic E-state index is 0.0140. The van der Waals surface area contributed by atoms with Gasteiger partial charge in [-0.25, -0.2) is 0 Å². The van der Waals surface area contributed by atoms with Crippen molar-refractivity contribution in [1.82, 2.24) is 0 Å². The summed E-state index contributed by atoms with van der Waals surface area (Å²) in [5.74, 6) is 0. The average molecular weight is 327 g/mol. The second kappa shape index (κ2) is 10.9.